The standard InChI is InChI=1S/C21H22N2O4/c1-14(22-3)21(23-4,13-16-6-9-18(26-5)10-7-16)19-12-17(25)8-11-20(19)27-15(2)24/h6-11,17,19-20,25H,1,12-13H2,2,5H3. The number of methoxy groups -OCH3 is 1. The van der Waals surface area contributed by atoms with E-state index in [1.807, 2.05) is 12.1 Å². The molecule has 0 saturated heterocycles. The van der Waals surface area contributed by atoms with E-state index in [9.17, 15) is 9.90 Å². The van der Waals surface area contributed by atoms with Gasteiger partial charge in [0.2, 0.25) is 5.70 Å². The maximum absolute atomic E-state index is 11.5. The van der Waals surface area contributed by atoms with Gasteiger partial charge in [-0.3, -0.25) is 4.79 Å². The van der Waals surface area contributed by atoms with Crippen molar-refractivity contribution < 1.29 is 19.4 Å². The van der Waals surface area contributed by atoms with Crippen molar-refractivity contribution in [1.82, 2.24) is 0 Å². The molecule has 1 aliphatic rings. The molecule has 1 N–H and O–H groups in total. The molecule has 0 aliphatic heterocycles. The number of esters is 1. The SMILES string of the molecule is [C-]#[N+]C(=C)C(Cc1ccc(OC)cc1)([N+]#[C-])C1CC(O)C=CC1OC(C)=O. The summed E-state index contributed by atoms with van der Waals surface area (Å²) in [5.41, 5.74) is -0.442. The zero-order valence-corrected chi connectivity index (χ0v) is 15.4. The number of hydrogen-bond acceptors (Lipinski definition) is 4. The summed E-state index contributed by atoms with van der Waals surface area (Å²) in [6.45, 7) is 20.5. The maximum Gasteiger partial charge on any atom is 0.303 e. The molecular weight excluding hydrogens is 344 g/mol. The monoisotopic (exact) mass is 366 g/mol. The molecule has 0 aromatic heterocycles. The Bertz CT molecular complexity index is 816. The topological polar surface area (TPSA) is 64.5 Å². The fraction of sp³-hybridized carbons (Fsp3) is 0.381. The second-order valence-electron chi connectivity index (χ2n) is 6.49. The van der Waals surface area contributed by atoms with Gasteiger partial charge in [-0.1, -0.05) is 24.8 Å². The molecule has 6 nitrogen and oxygen atoms in total. The Labute approximate surface area is 159 Å². The normalized spacial score (nSPS) is 23.4. The van der Waals surface area contributed by atoms with E-state index in [1.54, 1.807) is 31.4 Å². The Morgan fingerprint density at radius 3 is 2.52 bits per heavy atom. The molecule has 6 heteroatoms. The summed E-state index contributed by atoms with van der Waals surface area (Å²) in [6, 6.07) is 7.21. The van der Waals surface area contributed by atoms with Gasteiger partial charge in [0.15, 0.2) is 0 Å². The van der Waals surface area contributed by atoms with Crippen molar-refractivity contribution in [3.8, 4) is 5.75 Å². The minimum Gasteiger partial charge on any atom is -0.497 e. The molecule has 1 aliphatic carbocycles. The van der Waals surface area contributed by atoms with Crippen LogP contribution in [0.3, 0.4) is 0 Å². The van der Waals surface area contributed by atoms with Crippen LogP contribution in [0.25, 0.3) is 9.69 Å². The maximum atomic E-state index is 11.5. The molecule has 1 aromatic carbocycles. The summed E-state index contributed by atoms with van der Waals surface area (Å²) in [4.78, 5) is 18.8. The molecular formula is C21H22N2O4. The molecule has 27 heavy (non-hydrogen) atoms. The molecule has 0 amide bonds. The van der Waals surface area contributed by atoms with Gasteiger partial charge in [0.1, 0.15) is 11.9 Å². The van der Waals surface area contributed by atoms with Crippen molar-refractivity contribution in [2.24, 2.45) is 5.92 Å². The van der Waals surface area contributed by atoms with E-state index in [2.05, 4.69) is 16.3 Å². The highest BCUT2D eigenvalue weighted by molar-refractivity contribution is 5.66. The van der Waals surface area contributed by atoms with Gasteiger partial charge in [0.05, 0.1) is 25.7 Å². The summed E-state index contributed by atoms with van der Waals surface area (Å²) >= 11 is 0. The van der Waals surface area contributed by atoms with Crippen LogP contribution in [-0.4, -0.2) is 35.9 Å². The minimum absolute atomic E-state index is 0.0676. The van der Waals surface area contributed by atoms with Crippen LogP contribution in [0.15, 0.2) is 48.7 Å². The van der Waals surface area contributed by atoms with E-state index in [0.717, 1.165) is 5.56 Å². The van der Waals surface area contributed by atoms with Gasteiger partial charge in [-0.05, 0) is 30.2 Å². The van der Waals surface area contributed by atoms with Crippen molar-refractivity contribution in [2.45, 2.75) is 37.5 Å². The first-order chi connectivity index (χ1) is 12.9. The van der Waals surface area contributed by atoms with Gasteiger partial charge in [-0.25, -0.2) is 11.4 Å². The highest BCUT2D eigenvalue weighted by Gasteiger charge is 2.54. The van der Waals surface area contributed by atoms with Gasteiger partial charge in [-0.15, -0.1) is 0 Å². The molecule has 4 unspecified atom stereocenters. The van der Waals surface area contributed by atoms with Crippen LogP contribution in [0.4, 0.5) is 0 Å². The Morgan fingerprint density at radius 2 is 2.00 bits per heavy atom. The smallest absolute Gasteiger partial charge is 0.303 e. The molecule has 0 spiro atoms. The van der Waals surface area contributed by atoms with Crippen molar-refractivity contribution in [3.05, 3.63) is 77.1 Å². The van der Waals surface area contributed by atoms with Crippen LogP contribution < -0.4 is 4.74 Å². The second-order valence-corrected chi connectivity index (χ2v) is 6.49. The van der Waals surface area contributed by atoms with Crippen molar-refractivity contribution >= 4 is 5.97 Å². The van der Waals surface area contributed by atoms with E-state index >= 15 is 0 Å². The first-order valence-corrected chi connectivity index (χ1v) is 8.48. The third kappa shape index (κ3) is 4.36. The average molecular weight is 366 g/mol. The van der Waals surface area contributed by atoms with Gasteiger partial charge in [-0.2, -0.15) is 0 Å². The number of hydrogen-bond donors (Lipinski definition) is 1. The number of carbonyl (C=O) groups excluding carboxylic acids is 1. The number of ether oxygens (including phenoxy) is 2. The molecule has 0 radical (unpaired) electrons. The summed E-state index contributed by atoms with van der Waals surface area (Å²) in [7, 11) is 1.57. The van der Waals surface area contributed by atoms with Gasteiger partial charge < -0.3 is 19.4 Å². The van der Waals surface area contributed by atoms with Crippen LogP contribution >= 0.6 is 0 Å². The molecule has 1 aromatic rings. The van der Waals surface area contributed by atoms with Gasteiger partial charge in [0, 0.05) is 13.3 Å². The lowest BCUT2D eigenvalue weighted by Crippen LogP contribution is -2.48. The second kappa shape index (κ2) is 8.53. The quantitative estimate of drug-likeness (QED) is 0.477. The van der Waals surface area contributed by atoms with Crippen LogP contribution in [0.5, 0.6) is 5.75 Å². The highest BCUT2D eigenvalue weighted by Crippen LogP contribution is 2.42. The predicted molar refractivity (Wildman–Crippen MR) is 101 cm³/mol. The lowest BCUT2D eigenvalue weighted by molar-refractivity contribution is -0.148. The van der Waals surface area contributed by atoms with Crippen LogP contribution in [-0.2, 0) is 16.0 Å². The Balaban J connectivity index is 2.49. The lowest BCUT2D eigenvalue weighted by atomic mass is 9.70. The molecule has 0 saturated carbocycles. The van der Waals surface area contributed by atoms with Crippen molar-refractivity contribution in [3.63, 3.8) is 0 Å². The molecule has 0 heterocycles. The number of nitrogens with zero attached hydrogens (tertiary/aromatic N) is 2. The van der Waals surface area contributed by atoms with Crippen molar-refractivity contribution in [2.75, 3.05) is 7.11 Å². The predicted octanol–water partition coefficient (Wildman–Crippen LogP) is 3.20. The first-order valence-electron chi connectivity index (χ1n) is 8.48. The number of aliphatic hydroxyl groups excluding tert-OH is 1. The lowest BCUT2D eigenvalue weighted by Gasteiger charge is -2.36. The third-order valence-electron chi connectivity index (χ3n) is 4.80. The van der Waals surface area contributed by atoms with Crippen LogP contribution in [0.1, 0.15) is 18.9 Å². The Kier molecular flexibility index (Phi) is 6.39. The zero-order chi connectivity index (χ0) is 20.0. The molecule has 140 valence electrons. The largest absolute Gasteiger partial charge is 0.497 e. The molecule has 4 atom stereocenters. The Hall–Kier alpha value is -3.09. The van der Waals surface area contributed by atoms with Gasteiger partial charge in [0.25, 0.3) is 5.54 Å². The summed E-state index contributed by atoms with van der Waals surface area (Å²) in [5, 5.41) is 10.1. The van der Waals surface area contributed by atoms with Crippen molar-refractivity contribution in [1.29, 1.82) is 0 Å². The number of rotatable bonds is 6. The van der Waals surface area contributed by atoms with E-state index in [4.69, 9.17) is 22.6 Å². The third-order valence-corrected chi connectivity index (χ3v) is 4.80. The van der Waals surface area contributed by atoms with Crippen LogP contribution in [0, 0.1) is 19.1 Å². The number of carbonyl (C=O) groups is 1. The molecule has 0 fully saturated rings. The first kappa shape index (κ1) is 20.2. The number of aliphatic hydroxyl groups is 1. The Morgan fingerprint density at radius 1 is 1.33 bits per heavy atom. The minimum atomic E-state index is -1.33. The fourth-order valence-electron chi connectivity index (χ4n) is 3.41. The molecule has 2 rings (SSSR count). The summed E-state index contributed by atoms with van der Waals surface area (Å²) in [6.07, 6.45) is 2.05. The van der Waals surface area contributed by atoms with E-state index in [-0.39, 0.29) is 18.5 Å². The van der Waals surface area contributed by atoms with E-state index < -0.39 is 29.6 Å². The van der Waals surface area contributed by atoms with E-state index in [0.29, 0.717) is 5.75 Å². The molecule has 0 bridgehead atoms. The zero-order valence-electron chi connectivity index (χ0n) is 15.4. The fourth-order valence-corrected chi connectivity index (χ4v) is 3.41. The average Bonchev–Trinajstić information content (AvgIpc) is 2.67. The van der Waals surface area contributed by atoms with Gasteiger partial charge >= 0.3 is 5.97 Å². The summed E-state index contributed by atoms with van der Waals surface area (Å²) in [5.74, 6) is -0.393. The summed E-state index contributed by atoms with van der Waals surface area (Å²) < 4.78 is 10.5. The van der Waals surface area contributed by atoms with E-state index in [1.165, 1.54) is 6.92 Å². The highest BCUT2D eigenvalue weighted by atomic mass is 16.5. The van der Waals surface area contributed by atoms with Crippen LogP contribution in [0.2, 0.25) is 0 Å². The number of benzene rings is 1.